The summed E-state index contributed by atoms with van der Waals surface area (Å²) < 4.78 is 0. The van der Waals surface area contributed by atoms with E-state index in [1.54, 1.807) is 11.3 Å². The second-order valence-electron chi connectivity index (χ2n) is 5.19. The van der Waals surface area contributed by atoms with Gasteiger partial charge in [0.05, 0.1) is 6.54 Å². The van der Waals surface area contributed by atoms with Crippen LogP contribution in [0.1, 0.15) is 31.7 Å². The molecule has 2 heterocycles. The number of likely N-dealkylation sites (tertiary alicyclic amines) is 1. The molecule has 1 aromatic rings. The van der Waals surface area contributed by atoms with Crippen molar-refractivity contribution in [2.45, 2.75) is 33.2 Å². The number of hydrogen-bond donors (Lipinski definition) is 1. The molecular weight excluding hydrogens is 220 g/mol. The molecule has 16 heavy (non-hydrogen) atoms. The van der Waals surface area contributed by atoms with E-state index in [9.17, 15) is 0 Å². The van der Waals surface area contributed by atoms with Gasteiger partial charge in [-0.2, -0.15) is 0 Å². The standard InChI is InChI=1S/C11H20N4S/c1-11(2)4-6-15(7-5-11)8-9-13-14-10(12-3)16-9/h4-8H2,1-3H3,(H,12,14). The van der Waals surface area contributed by atoms with Crippen LogP contribution in [-0.2, 0) is 6.54 Å². The van der Waals surface area contributed by atoms with E-state index in [0.29, 0.717) is 5.41 Å². The molecular formula is C11H20N4S. The Labute approximate surface area is 101 Å². The van der Waals surface area contributed by atoms with Crippen LogP contribution in [-0.4, -0.2) is 35.2 Å². The van der Waals surface area contributed by atoms with Gasteiger partial charge in [-0.3, -0.25) is 4.90 Å². The highest BCUT2D eigenvalue weighted by atomic mass is 32.1. The number of rotatable bonds is 3. The van der Waals surface area contributed by atoms with Crippen molar-refractivity contribution in [2.75, 3.05) is 25.5 Å². The monoisotopic (exact) mass is 240 g/mol. The lowest BCUT2D eigenvalue weighted by Crippen LogP contribution is -2.36. The molecule has 4 nitrogen and oxygen atoms in total. The molecule has 0 aliphatic carbocycles. The first kappa shape index (κ1) is 11.8. The molecule has 1 fully saturated rings. The van der Waals surface area contributed by atoms with Crippen molar-refractivity contribution in [1.29, 1.82) is 0 Å². The Morgan fingerprint density at radius 1 is 1.31 bits per heavy atom. The summed E-state index contributed by atoms with van der Waals surface area (Å²) in [6, 6.07) is 0. The van der Waals surface area contributed by atoms with Gasteiger partial charge in [-0.25, -0.2) is 0 Å². The molecule has 90 valence electrons. The van der Waals surface area contributed by atoms with Crippen molar-refractivity contribution < 1.29 is 0 Å². The van der Waals surface area contributed by atoms with E-state index < -0.39 is 0 Å². The molecule has 0 radical (unpaired) electrons. The maximum Gasteiger partial charge on any atom is 0.205 e. The molecule has 5 heteroatoms. The number of piperidine rings is 1. The van der Waals surface area contributed by atoms with E-state index in [1.807, 2.05) is 7.05 Å². The quantitative estimate of drug-likeness (QED) is 0.879. The van der Waals surface area contributed by atoms with E-state index >= 15 is 0 Å². The van der Waals surface area contributed by atoms with E-state index in [1.165, 1.54) is 25.9 Å². The van der Waals surface area contributed by atoms with Gasteiger partial charge >= 0.3 is 0 Å². The third-order valence-corrected chi connectivity index (χ3v) is 4.17. The average Bonchev–Trinajstić information content (AvgIpc) is 2.69. The minimum atomic E-state index is 0.522. The van der Waals surface area contributed by atoms with Gasteiger partial charge in [0.1, 0.15) is 5.01 Å². The van der Waals surface area contributed by atoms with Gasteiger partial charge in [-0.15, -0.1) is 10.2 Å². The third-order valence-electron chi connectivity index (χ3n) is 3.25. The first-order chi connectivity index (χ1) is 7.59. The molecule has 1 saturated heterocycles. The van der Waals surface area contributed by atoms with Gasteiger partial charge in [0.25, 0.3) is 0 Å². The largest absolute Gasteiger partial charge is 0.363 e. The van der Waals surface area contributed by atoms with Gasteiger partial charge in [0, 0.05) is 7.05 Å². The highest BCUT2D eigenvalue weighted by Crippen LogP contribution is 2.30. The molecule has 0 unspecified atom stereocenters. The van der Waals surface area contributed by atoms with E-state index in [2.05, 4.69) is 34.3 Å². The lowest BCUT2D eigenvalue weighted by atomic mass is 9.83. The minimum Gasteiger partial charge on any atom is -0.363 e. The predicted octanol–water partition coefficient (Wildman–Crippen LogP) is 2.20. The fourth-order valence-electron chi connectivity index (χ4n) is 1.93. The Kier molecular flexibility index (Phi) is 3.44. The maximum atomic E-state index is 4.18. The Morgan fingerprint density at radius 2 is 2.00 bits per heavy atom. The van der Waals surface area contributed by atoms with Crippen LogP contribution in [0.2, 0.25) is 0 Å². The summed E-state index contributed by atoms with van der Waals surface area (Å²) in [5, 5.41) is 13.3. The number of nitrogens with one attached hydrogen (secondary N) is 1. The molecule has 0 saturated carbocycles. The Morgan fingerprint density at radius 3 is 2.56 bits per heavy atom. The van der Waals surface area contributed by atoms with Crippen molar-refractivity contribution in [3.63, 3.8) is 0 Å². The molecule has 0 spiro atoms. The first-order valence-electron chi connectivity index (χ1n) is 5.81. The van der Waals surface area contributed by atoms with E-state index in [4.69, 9.17) is 0 Å². The van der Waals surface area contributed by atoms with Crippen molar-refractivity contribution in [3.8, 4) is 0 Å². The number of nitrogens with zero attached hydrogens (tertiary/aromatic N) is 3. The van der Waals surface area contributed by atoms with Crippen LogP contribution in [0.5, 0.6) is 0 Å². The number of aromatic nitrogens is 2. The Balaban J connectivity index is 1.87. The highest BCUT2D eigenvalue weighted by Gasteiger charge is 2.25. The second kappa shape index (κ2) is 4.67. The molecule has 0 aromatic carbocycles. The van der Waals surface area contributed by atoms with Crippen LogP contribution in [0.15, 0.2) is 0 Å². The van der Waals surface area contributed by atoms with Crippen molar-refractivity contribution >= 4 is 16.5 Å². The summed E-state index contributed by atoms with van der Waals surface area (Å²) in [5.41, 5.74) is 0.522. The Bertz CT molecular complexity index is 338. The predicted molar refractivity (Wildman–Crippen MR) is 67.7 cm³/mol. The van der Waals surface area contributed by atoms with Crippen molar-refractivity contribution in [3.05, 3.63) is 5.01 Å². The SMILES string of the molecule is CNc1nnc(CN2CCC(C)(C)CC2)s1. The van der Waals surface area contributed by atoms with Crippen LogP contribution in [0.3, 0.4) is 0 Å². The zero-order valence-corrected chi connectivity index (χ0v) is 11.1. The van der Waals surface area contributed by atoms with Gasteiger partial charge < -0.3 is 5.32 Å². The summed E-state index contributed by atoms with van der Waals surface area (Å²) in [6.07, 6.45) is 2.56. The highest BCUT2D eigenvalue weighted by molar-refractivity contribution is 7.15. The molecule has 1 N–H and O–H groups in total. The van der Waals surface area contributed by atoms with Crippen molar-refractivity contribution in [1.82, 2.24) is 15.1 Å². The zero-order chi connectivity index (χ0) is 11.6. The van der Waals surface area contributed by atoms with Gasteiger partial charge in [-0.05, 0) is 31.3 Å². The summed E-state index contributed by atoms with van der Waals surface area (Å²) in [4.78, 5) is 2.48. The van der Waals surface area contributed by atoms with Crippen LogP contribution in [0, 0.1) is 5.41 Å². The average molecular weight is 240 g/mol. The molecule has 1 aliphatic heterocycles. The summed E-state index contributed by atoms with van der Waals surface area (Å²) in [6.45, 7) is 8.03. The molecule has 1 aliphatic rings. The zero-order valence-electron chi connectivity index (χ0n) is 10.3. The second-order valence-corrected chi connectivity index (χ2v) is 6.25. The van der Waals surface area contributed by atoms with E-state index in [0.717, 1.165) is 16.7 Å². The summed E-state index contributed by atoms with van der Waals surface area (Å²) in [7, 11) is 1.88. The fourth-order valence-corrected chi connectivity index (χ4v) is 2.66. The lowest BCUT2D eigenvalue weighted by molar-refractivity contribution is 0.127. The maximum absolute atomic E-state index is 4.18. The van der Waals surface area contributed by atoms with Gasteiger partial charge in [0.2, 0.25) is 5.13 Å². The summed E-state index contributed by atoms with van der Waals surface area (Å²) >= 11 is 1.65. The molecule has 1 aromatic heterocycles. The normalized spacial score (nSPS) is 20.9. The number of hydrogen-bond acceptors (Lipinski definition) is 5. The first-order valence-corrected chi connectivity index (χ1v) is 6.63. The smallest absolute Gasteiger partial charge is 0.205 e. The number of anilines is 1. The fraction of sp³-hybridized carbons (Fsp3) is 0.818. The minimum absolute atomic E-state index is 0.522. The van der Waals surface area contributed by atoms with Crippen LogP contribution in [0.4, 0.5) is 5.13 Å². The van der Waals surface area contributed by atoms with Crippen LogP contribution >= 0.6 is 11.3 Å². The Hall–Kier alpha value is -0.680. The van der Waals surface area contributed by atoms with Gasteiger partial charge in [-0.1, -0.05) is 25.2 Å². The molecule has 0 amide bonds. The molecule has 2 rings (SSSR count). The lowest BCUT2D eigenvalue weighted by Gasteiger charge is -2.36. The molecule has 0 atom stereocenters. The third kappa shape index (κ3) is 2.92. The van der Waals surface area contributed by atoms with Crippen molar-refractivity contribution in [2.24, 2.45) is 5.41 Å². The van der Waals surface area contributed by atoms with Crippen LogP contribution < -0.4 is 5.32 Å². The molecule has 0 bridgehead atoms. The van der Waals surface area contributed by atoms with Crippen LogP contribution in [0.25, 0.3) is 0 Å². The summed E-state index contributed by atoms with van der Waals surface area (Å²) in [5.74, 6) is 0. The van der Waals surface area contributed by atoms with Gasteiger partial charge in [0.15, 0.2) is 0 Å². The van der Waals surface area contributed by atoms with E-state index in [-0.39, 0.29) is 0 Å². The topological polar surface area (TPSA) is 41.1 Å².